The van der Waals surface area contributed by atoms with Gasteiger partial charge in [0, 0.05) is 10.7 Å². The molecule has 0 saturated heterocycles. The van der Waals surface area contributed by atoms with Crippen molar-refractivity contribution in [1.82, 2.24) is 15.0 Å². The smallest absolute Gasteiger partial charge is 0.416 e. The van der Waals surface area contributed by atoms with E-state index >= 15 is 0 Å². The van der Waals surface area contributed by atoms with Crippen LogP contribution in [0.25, 0.3) is 22.4 Å². The molecule has 4 aromatic rings. The number of alkyl halides is 3. The van der Waals surface area contributed by atoms with Crippen molar-refractivity contribution in [3.05, 3.63) is 64.3 Å². The van der Waals surface area contributed by atoms with E-state index in [0.29, 0.717) is 34.2 Å². The number of aliphatic hydroxyl groups excluding tert-OH is 1. The molecule has 1 aliphatic heterocycles. The van der Waals surface area contributed by atoms with Crippen molar-refractivity contribution in [2.75, 3.05) is 18.1 Å². The average molecular weight is 519 g/mol. The third-order valence-electron chi connectivity index (χ3n) is 5.51. The number of imidazole rings is 1. The first kappa shape index (κ1) is 21.7. The van der Waals surface area contributed by atoms with E-state index in [1.807, 2.05) is 36.1 Å². The molecule has 2 aromatic heterocycles. The van der Waals surface area contributed by atoms with E-state index in [4.69, 9.17) is 4.74 Å². The number of hydrogen-bond donors (Lipinski definition) is 2. The van der Waals surface area contributed by atoms with Gasteiger partial charge in [-0.1, -0.05) is 12.1 Å². The van der Waals surface area contributed by atoms with Crippen molar-refractivity contribution in [1.29, 1.82) is 0 Å². The van der Waals surface area contributed by atoms with Crippen LogP contribution in [0, 0.1) is 6.92 Å². The summed E-state index contributed by atoms with van der Waals surface area (Å²) in [5, 5.41) is 9.94. The summed E-state index contributed by atoms with van der Waals surface area (Å²) in [7, 11) is 0. The standard InChI is InChI=1S/C23H18BrF3N4O2/c1-12-5-6-19(28-9-12)31-14(10-32)11-33-21-15(3-2-4-18(21)31)22-29-17-8-13(23(25,26)27)7-16(24)20(17)30-22/h2-9,14,32H,10-11H2,1H3,(H,29,30)/t14-/m0/s1. The molecule has 1 aliphatic rings. The Morgan fingerprint density at radius 1 is 1.24 bits per heavy atom. The quantitative estimate of drug-likeness (QED) is 0.369. The molecule has 33 heavy (non-hydrogen) atoms. The Morgan fingerprint density at radius 2 is 2.06 bits per heavy atom. The van der Waals surface area contributed by atoms with Gasteiger partial charge in [-0.3, -0.25) is 0 Å². The van der Waals surface area contributed by atoms with Crippen LogP contribution < -0.4 is 9.64 Å². The first-order chi connectivity index (χ1) is 15.8. The summed E-state index contributed by atoms with van der Waals surface area (Å²) in [6.45, 7) is 2.00. The molecule has 2 aromatic carbocycles. The van der Waals surface area contributed by atoms with Crippen molar-refractivity contribution in [2.45, 2.75) is 19.1 Å². The number of nitrogens with zero attached hydrogens (tertiary/aromatic N) is 3. The number of H-pyrrole nitrogens is 1. The van der Waals surface area contributed by atoms with Crippen molar-refractivity contribution in [3.8, 4) is 17.1 Å². The molecule has 5 rings (SSSR count). The van der Waals surface area contributed by atoms with Gasteiger partial charge in [0.2, 0.25) is 0 Å². The molecule has 0 spiro atoms. The van der Waals surface area contributed by atoms with E-state index in [0.717, 1.165) is 17.7 Å². The summed E-state index contributed by atoms with van der Waals surface area (Å²) in [5.41, 5.74) is 2.16. The molecule has 3 heterocycles. The summed E-state index contributed by atoms with van der Waals surface area (Å²) in [5.74, 6) is 1.54. The lowest BCUT2D eigenvalue weighted by molar-refractivity contribution is -0.137. The summed E-state index contributed by atoms with van der Waals surface area (Å²) in [4.78, 5) is 13.9. The third kappa shape index (κ3) is 3.83. The lowest BCUT2D eigenvalue weighted by Gasteiger charge is -2.37. The Balaban J connectivity index is 1.64. The predicted octanol–water partition coefficient (Wildman–Crippen LogP) is 5.61. The zero-order chi connectivity index (χ0) is 23.3. The summed E-state index contributed by atoms with van der Waals surface area (Å²) in [6.07, 6.45) is -2.73. The van der Waals surface area contributed by atoms with Gasteiger partial charge in [-0.05, 0) is 58.7 Å². The van der Waals surface area contributed by atoms with Crippen LogP contribution in [-0.2, 0) is 6.18 Å². The largest absolute Gasteiger partial charge is 0.488 e. The van der Waals surface area contributed by atoms with E-state index in [1.54, 1.807) is 12.3 Å². The summed E-state index contributed by atoms with van der Waals surface area (Å²) >= 11 is 3.21. The van der Waals surface area contributed by atoms with E-state index in [9.17, 15) is 18.3 Å². The van der Waals surface area contributed by atoms with Crippen LogP contribution in [0.2, 0.25) is 0 Å². The number of aryl methyl sites for hydroxylation is 1. The predicted molar refractivity (Wildman–Crippen MR) is 122 cm³/mol. The normalized spacial score (nSPS) is 16.1. The van der Waals surface area contributed by atoms with Crippen LogP contribution in [0.5, 0.6) is 5.75 Å². The van der Waals surface area contributed by atoms with Crippen molar-refractivity contribution in [2.24, 2.45) is 0 Å². The van der Waals surface area contributed by atoms with E-state index < -0.39 is 11.7 Å². The van der Waals surface area contributed by atoms with Gasteiger partial charge in [0.05, 0.1) is 35.0 Å². The van der Waals surface area contributed by atoms with Crippen molar-refractivity contribution in [3.63, 3.8) is 0 Å². The molecule has 0 unspecified atom stereocenters. The van der Waals surface area contributed by atoms with E-state index in [2.05, 4.69) is 30.9 Å². The van der Waals surface area contributed by atoms with Crippen LogP contribution in [-0.4, -0.2) is 39.3 Å². The number of hydrogen-bond acceptors (Lipinski definition) is 5. The second-order valence-corrected chi connectivity index (χ2v) is 8.66. The summed E-state index contributed by atoms with van der Waals surface area (Å²) in [6, 6.07) is 11.0. The molecule has 0 saturated carbocycles. The number of benzene rings is 2. The highest BCUT2D eigenvalue weighted by atomic mass is 79.9. The highest BCUT2D eigenvalue weighted by Gasteiger charge is 2.33. The van der Waals surface area contributed by atoms with Crippen molar-refractivity contribution < 1.29 is 23.0 Å². The number of aromatic amines is 1. The molecule has 0 aliphatic carbocycles. The molecule has 0 fully saturated rings. The second-order valence-electron chi connectivity index (χ2n) is 7.80. The Labute approximate surface area is 195 Å². The van der Waals surface area contributed by atoms with Crippen LogP contribution in [0.15, 0.2) is 53.1 Å². The van der Waals surface area contributed by atoms with Gasteiger partial charge in [0.1, 0.15) is 23.8 Å². The molecule has 170 valence electrons. The van der Waals surface area contributed by atoms with Gasteiger partial charge in [-0.15, -0.1) is 0 Å². The van der Waals surface area contributed by atoms with E-state index in [-0.39, 0.29) is 29.2 Å². The molecule has 2 N–H and O–H groups in total. The van der Waals surface area contributed by atoms with Gasteiger partial charge in [-0.25, -0.2) is 9.97 Å². The zero-order valence-electron chi connectivity index (χ0n) is 17.3. The van der Waals surface area contributed by atoms with Gasteiger partial charge >= 0.3 is 6.18 Å². The number of anilines is 2. The Morgan fingerprint density at radius 3 is 2.76 bits per heavy atom. The molecule has 0 bridgehead atoms. The number of pyridine rings is 1. The fourth-order valence-electron chi connectivity index (χ4n) is 3.92. The van der Waals surface area contributed by atoms with Gasteiger partial charge in [0.15, 0.2) is 5.75 Å². The van der Waals surface area contributed by atoms with Crippen molar-refractivity contribution >= 4 is 38.5 Å². The number of fused-ring (bicyclic) bond motifs is 2. The molecule has 0 radical (unpaired) electrons. The van der Waals surface area contributed by atoms with Crippen LogP contribution in [0.1, 0.15) is 11.1 Å². The maximum atomic E-state index is 13.2. The first-order valence-electron chi connectivity index (χ1n) is 10.1. The number of rotatable bonds is 3. The number of para-hydroxylation sites is 1. The van der Waals surface area contributed by atoms with E-state index in [1.165, 1.54) is 0 Å². The van der Waals surface area contributed by atoms with Crippen LogP contribution >= 0.6 is 15.9 Å². The highest BCUT2D eigenvalue weighted by molar-refractivity contribution is 9.10. The minimum absolute atomic E-state index is 0.142. The average Bonchev–Trinajstić information content (AvgIpc) is 3.23. The number of halogens is 4. The molecule has 0 amide bonds. The van der Waals surface area contributed by atoms with Gasteiger partial charge in [-0.2, -0.15) is 13.2 Å². The first-order valence-corrected chi connectivity index (χ1v) is 10.9. The minimum atomic E-state index is -4.47. The Hall–Kier alpha value is -3.11. The number of nitrogens with one attached hydrogen (secondary N) is 1. The maximum Gasteiger partial charge on any atom is 0.416 e. The Kier molecular flexibility index (Phi) is 5.29. The lowest BCUT2D eigenvalue weighted by atomic mass is 10.1. The number of ether oxygens (including phenoxy) is 1. The molecular weight excluding hydrogens is 501 g/mol. The molecule has 1 atom stereocenters. The van der Waals surface area contributed by atoms with Crippen LogP contribution in [0.4, 0.5) is 24.7 Å². The number of aliphatic hydroxyl groups is 1. The Bertz CT molecular complexity index is 1340. The molecule has 6 nitrogen and oxygen atoms in total. The topological polar surface area (TPSA) is 74.3 Å². The molecule has 10 heteroatoms. The third-order valence-corrected chi connectivity index (χ3v) is 6.12. The monoisotopic (exact) mass is 518 g/mol. The second kappa shape index (κ2) is 8.03. The molecular formula is C23H18BrF3N4O2. The highest BCUT2D eigenvalue weighted by Crippen LogP contribution is 2.44. The van der Waals surface area contributed by atoms with Crippen LogP contribution in [0.3, 0.4) is 0 Å². The minimum Gasteiger partial charge on any atom is -0.488 e. The SMILES string of the molecule is Cc1ccc(N2c3cccc(-c4nc5c(Br)cc(C(F)(F)F)cc5[nH]4)c3OC[C@@H]2CO)nc1. The lowest BCUT2D eigenvalue weighted by Crippen LogP contribution is -2.43. The number of aromatic nitrogens is 3. The summed E-state index contributed by atoms with van der Waals surface area (Å²) < 4.78 is 46.0. The fraction of sp³-hybridized carbons (Fsp3) is 0.217. The maximum absolute atomic E-state index is 13.2. The fourth-order valence-corrected chi connectivity index (χ4v) is 4.47. The van der Waals surface area contributed by atoms with Gasteiger partial charge in [0.25, 0.3) is 0 Å². The zero-order valence-corrected chi connectivity index (χ0v) is 18.9. The van der Waals surface area contributed by atoms with Gasteiger partial charge < -0.3 is 19.7 Å².